The summed E-state index contributed by atoms with van der Waals surface area (Å²) in [6.07, 6.45) is -0.449. The van der Waals surface area contributed by atoms with Gasteiger partial charge in [-0.05, 0) is 26.0 Å². The quantitative estimate of drug-likeness (QED) is 0.862. The fraction of sp³-hybridized carbons (Fsp3) is 0.471. The average Bonchev–Trinajstić information content (AvgIpc) is 3.01. The number of amides is 1. The molecule has 2 N–H and O–H groups in total. The third-order valence-corrected chi connectivity index (χ3v) is 3.83. The van der Waals surface area contributed by atoms with Gasteiger partial charge in [0.15, 0.2) is 11.3 Å². The van der Waals surface area contributed by atoms with Gasteiger partial charge in [-0.15, -0.1) is 12.4 Å². The Kier molecular flexibility index (Phi) is 6.48. The highest BCUT2D eigenvalue weighted by Crippen LogP contribution is 2.31. The van der Waals surface area contributed by atoms with Gasteiger partial charge in [0.1, 0.15) is 11.9 Å². The molecule has 7 heteroatoms. The van der Waals surface area contributed by atoms with E-state index < -0.39 is 6.10 Å². The summed E-state index contributed by atoms with van der Waals surface area (Å²) in [6, 6.07) is 7.47. The van der Waals surface area contributed by atoms with E-state index in [2.05, 4.69) is 10.6 Å². The normalized spacial score (nSPS) is 18.7. The van der Waals surface area contributed by atoms with Gasteiger partial charge in [-0.1, -0.05) is 12.1 Å². The maximum absolute atomic E-state index is 12.2. The van der Waals surface area contributed by atoms with Crippen molar-refractivity contribution < 1.29 is 18.7 Å². The second kappa shape index (κ2) is 8.37. The molecule has 1 aromatic carbocycles. The molecule has 0 bridgehead atoms. The van der Waals surface area contributed by atoms with Crippen LogP contribution in [0.15, 0.2) is 28.7 Å². The summed E-state index contributed by atoms with van der Waals surface area (Å²) in [4.78, 5) is 12.2. The number of para-hydroxylation sites is 1. The molecule has 0 spiro atoms. The van der Waals surface area contributed by atoms with Crippen molar-refractivity contribution >= 4 is 29.3 Å². The Morgan fingerprint density at radius 3 is 3.04 bits per heavy atom. The Labute approximate surface area is 147 Å². The number of hydrogen-bond acceptors (Lipinski definition) is 5. The Morgan fingerprint density at radius 2 is 2.33 bits per heavy atom. The largest absolute Gasteiger partial charge is 0.490 e. The summed E-state index contributed by atoms with van der Waals surface area (Å²) in [6.45, 7) is 6.27. The minimum atomic E-state index is -0.449. The highest BCUT2D eigenvalue weighted by Gasteiger charge is 2.24. The maximum Gasteiger partial charge on any atom is 0.251 e. The minimum absolute atomic E-state index is 0. The van der Waals surface area contributed by atoms with Crippen LogP contribution in [0, 0.1) is 0 Å². The van der Waals surface area contributed by atoms with E-state index >= 15 is 0 Å². The summed E-state index contributed by atoms with van der Waals surface area (Å²) < 4.78 is 16.9. The molecule has 2 unspecified atom stereocenters. The van der Waals surface area contributed by atoms with E-state index in [1.54, 1.807) is 0 Å². The number of carbonyl (C=O) groups is 1. The number of rotatable bonds is 5. The van der Waals surface area contributed by atoms with Crippen LogP contribution in [0.1, 0.15) is 25.6 Å². The number of ether oxygens (including phenoxy) is 2. The highest BCUT2D eigenvalue weighted by molar-refractivity contribution is 5.85. The molecule has 6 nitrogen and oxygen atoms in total. The predicted molar refractivity (Wildman–Crippen MR) is 93.8 cm³/mol. The molecular formula is C17H23ClN2O4. The van der Waals surface area contributed by atoms with Crippen molar-refractivity contribution in [3.63, 3.8) is 0 Å². The van der Waals surface area contributed by atoms with Gasteiger partial charge in [-0.3, -0.25) is 4.79 Å². The van der Waals surface area contributed by atoms with Crippen molar-refractivity contribution in [3.8, 4) is 5.75 Å². The standard InChI is InChI=1S/C17H22N2O4.ClH/c1-3-21-13-6-4-5-12-9-14(23-16(12)13)11(2)19-17(20)15-10-18-7-8-22-15;/h4-6,9,11,15,18H,3,7-8,10H2,1-2H3,(H,19,20);1H. The second-order valence-electron chi connectivity index (χ2n) is 5.55. The molecule has 0 radical (unpaired) electrons. The fourth-order valence-corrected chi connectivity index (χ4v) is 2.65. The van der Waals surface area contributed by atoms with Gasteiger partial charge in [-0.25, -0.2) is 0 Å². The lowest BCUT2D eigenvalue weighted by Gasteiger charge is -2.24. The van der Waals surface area contributed by atoms with Crippen LogP contribution < -0.4 is 15.4 Å². The van der Waals surface area contributed by atoms with E-state index in [0.717, 1.165) is 17.7 Å². The first-order valence-corrected chi connectivity index (χ1v) is 7.97. The molecule has 2 atom stereocenters. The topological polar surface area (TPSA) is 72.7 Å². The first kappa shape index (κ1) is 18.6. The third-order valence-electron chi connectivity index (χ3n) is 3.83. The van der Waals surface area contributed by atoms with E-state index in [1.165, 1.54) is 0 Å². The summed E-state index contributed by atoms with van der Waals surface area (Å²) in [5.41, 5.74) is 0.709. The zero-order chi connectivity index (χ0) is 16.2. The number of hydrogen-bond donors (Lipinski definition) is 2. The van der Waals surface area contributed by atoms with Gasteiger partial charge in [-0.2, -0.15) is 0 Å². The van der Waals surface area contributed by atoms with Crippen molar-refractivity contribution in [1.82, 2.24) is 10.6 Å². The van der Waals surface area contributed by atoms with Gasteiger partial charge in [0, 0.05) is 18.5 Å². The number of nitrogens with one attached hydrogen (secondary N) is 2. The van der Waals surface area contributed by atoms with Crippen LogP contribution in [0.25, 0.3) is 11.0 Å². The number of benzene rings is 1. The Balaban J connectivity index is 0.00000208. The van der Waals surface area contributed by atoms with Crippen LogP contribution in [0.5, 0.6) is 5.75 Å². The molecule has 132 valence electrons. The number of fused-ring (bicyclic) bond motifs is 1. The molecule has 24 heavy (non-hydrogen) atoms. The molecule has 1 aliphatic rings. The summed E-state index contributed by atoms with van der Waals surface area (Å²) >= 11 is 0. The lowest BCUT2D eigenvalue weighted by molar-refractivity contribution is -0.135. The highest BCUT2D eigenvalue weighted by atomic mass is 35.5. The molecule has 1 aromatic heterocycles. The van der Waals surface area contributed by atoms with E-state index in [0.29, 0.717) is 31.1 Å². The van der Waals surface area contributed by atoms with Crippen LogP contribution >= 0.6 is 12.4 Å². The Bertz CT molecular complexity index is 682. The maximum atomic E-state index is 12.2. The summed E-state index contributed by atoms with van der Waals surface area (Å²) in [7, 11) is 0. The number of furan rings is 1. The smallest absolute Gasteiger partial charge is 0.251 e. The average molecular weight is 355 g/mol. The van der Waals surface area contributed by atoms with Crippen molar-refractivity contribution in [2.75, 3.05) is 26.3 Å². The number of carbonyl (C=O) groups excluding carboxylic acids is 1. The van der Waals surface area contributed by atoms with E-state index in [4.69, 9.17) is 13.9 Å². The zero-order valence-electron chi connectivity index (χ0n) is 13.8. The summed E-state index contributed by atoms with van der Waals surface area (Å²) in [5, 5.41) is 7.05. The van der Waals surface area contributed by atoms with Crippen molar-refractivity contribution in [3.05, 3.63) is 30.0 Å². The van der Waals surface area contributed by atoms with Crippen LogP contribution in [0.2, 0.25) is 0 Å². The first-order chi connectivity index (χ1) is 11.2. The first-order valence-electron chi connectivity index (χ1n) is 7.97. The Morgan fingerprint density at radius 1 is 1.50 bits per heavy atom. The molecule has 1 fully saturated rings. The van der Waals surface area contributed by atoms with E-state index in [-0.39, 0.29) is 24.4 Å². The van der Waals surface area contributed by atoms with Crippen molar-refractivity contribution in [2.24, 2.45) is 0 Å². The van der Waals surface area contributed by atoms with E-state index in [9.17, 15) is 4.79 Å². The predicted octanol–water partition coefficient (Wildman–Crippen LogP) is 2.42. The minimum Gasteiger partial charge on any atom is -0.490 e. The monoisotopic (exact) mass is 354 g/mol. The number of morpholine rings is 1. The van der Waals surface area contributed by atoms with Gasteiger partial charge in [0.25, 0.3) is 5.91 Å². The van der Waals surface area contributed by atoms with Gasteiger partial charge in [0.05, 0.1) is 19.3 Å². The second-order valence-corrected chi connectivity index (χ2v) is 5.55. The molecular weight excluding hydrogens is 332 g/mol. The zero-order valence-corrected chi connectivity index (χ0v) is 14.7. The molecule has 2 aromatic rings. The lowest BCUT2D eigenvalue weighted by Crippen LogP contribution is -2.48. The SMILES string of the molecule is CCOc1cccc2cc(C(C)NC(=O)C3CNCCO3)oc12.Cl. The Hall–Kier alpha value is -1.76. The molecule has 1 aliphatic heterocycles. The molecule has 2 heterocycles. The van der Waals surface area contributed by atoms with Crippen molar-refractivity contribution in [2.45, 2.75) is 26.0 Å². The van der Waals surface area contributed by atoms with Crippen molar-refractivity contribution in [1.29, 1.82) is 0 Å². The fourth-order valence-electron chi connectivity index (χ4n) is 2.65. The van der Waals surface area contributed by atoms with Crippen LogP contribution in [-0.2, 0) is 9.53 Å². The van der Waals surface area contributed by atoms with Gasteiger partial charge in [0.2, 0.25) is 0 Å². The van der Waals surface area contributed by atoms with Gasteiger partial charge < -0.3 is 24.5 Å². The molecule has 0 aliphatic carbocycles. The third kappa shape index (κ3) is 4.01. The summed E-state index contributed by atoms with van der Waals surface area (Å²) in [5.74, 6) is 1.29. The molecule has 3 rings (SSSR count). The molecule has 1 saturated heterocycles. The molecule has 0 saturated carbocycles. The van der Waals surface area contributed by atoms with E-state index in [1.807, 2.05) is 38.1 Å². The van der Waals surface area contributed by atoms with Gasteiger partial charge >= 0.3 is 0 Å². The van der Waals surface area contributed by atoms with Crippen LogP contribution in [0.4, 0.5) is 0 Å². The lowest BCUT2D eigenvalue weighted by atomic mass is 10.2. The van der Waals surface area contributed by atoms with Crippen LogP contribution in [0.3, 0.4) is 0 Å². The molecule has 1 amide bonds. The van der Waals surface area contributed by atoms with Crippen LogP contribution in [-0.4, -0.2) is 38.3 Å². The number of halogens is 1.